The Hall–Kier alpha value is -2.91. The van der Waals surface area contributed by atoms with Crippen LogP contribution in [0.4, 0.5) is 5.82 Å². The van der Waals surface area contributed by atoms with Gasteiger partial charge in [0, 0.05) is 34.3 Å². The number of nitrogens with one attached hydrogen (secondary N) is 1. The monoisotopic (exact) mass is 427 g/mol. The number of fused-ring (bicyclic) bond motifs is 1. The van der Waals surface area contributed by atoms with Crippen LogP contribution in [0.1, 0.15) is 31.2 Å². The molecule has 4 aromatic rings. The summed E-state index contributed by atoms with van der Waals surface area (Å²) in [6.07, 6.45) is 7.34. The van der Waals surface area contributed by atoms with Crippen molar-refractivity contribution in [1.29, 1.82) is 0 Å². The van der Waals surface area contributed by atoms with E-state index in [2.05, 4.69) is 48.6 Å². The number of hydrogen-bond donors (Lipinski definition) is 1. The minimum atomic E-state index is 0.741. The van der Waals surface area contributed by atoms with Crippen LogP contribution in [0.25, 0.3) is 33.3 Å². The number of anilines is 1. The normalized spacial score (nSPS) is 14.3. The number of rotatable bonds is 5. The first-order chi connectivity index (χ1) is 15.2. The highest BCUT2D eigenvalue weighted by atomic mass is 35.5. The molecule has 0 unspecified atom stereocenters. The molecule has 0 bridgehead atoms. The van der Waals surface area contributed by atoms with Crippen LogP contribution in [-0.4, -0.2) is 16.5 Å². The van der Waals surface area contributed by atoms with Crippen molar-refractivity contribution in [1.82, 2.24) is 9.97 Å². The third kappa shape index (κ3) is 4.42. The average molecular weight is 428 g/mol. The number of benzene rings is 2. The Morgan fingerprint density at radius 3 is 2.39 bits per heavy atom. The number of pyridine rings is 2. The first-order valence-corrected chi connectivity index (χ1v) is 11.4. The Kier molecular flexibility index (Phi) is 5.61. The van der Waals surface area contributed by atoms with E-state index in [1.807, 2.05) is 30.5 Å². The van der Waals surface area contributed by atoms with Gasteiger partial charge in [-0.25, -0.2) is 4.98 Å². The summed E-state index contributed by atoms with van der Waals surface area (Å²) < 4.78 is 0. The topological polar surface area (TPSA) is 37.8 Å². The molecule has 0 spiro atoms. The summed E-state index contributed by atoms with van der Waals surface area (Å²) in [5, 5.41) is 5.47. The van der Waals surface area contributed by atoms with Crippen molar-refractivity contribution < 1.29 is 0 Å². The second-order valence-electron chi connectivity index (χ2n) is 8.53. The van der Waals surface area contributed by atoms with Crippen molar-refractivity contribution >= 4 is 28.3 Å². The zero-order valence-electron chi connectivity index (χ0n) is 17.7. The Balaban J connectivity index is 1.38. The van der Waals surface area contributed by atoms with Gasteiger partial charge in [-0.3, -0.25) is 4.98 Å². The van der Waals surface area contributed by atoms with E-state index in [0.29, 0.717) is 0 Å². The van der Waals surface area contributed by atoms with Crippen LogP contribution < -0.4 is 5.32 Å². The minimum absolute atomic E-state index is 0.741. The van der Waals surface area contributed by atoms with Crippen LogP contribution in [0.5, 0.6) is 0 Å². The highest BCUT2D eigenvalue weighted by Gasteiger charge is 2.15. The highest BCUT2D eigenvalue weighted by Crippen LogP contribution is 2.29. The average Bonchev–Trinajstić information content (AvgIpc) is 3.32. The number of nitrogens with zero attached hydrogens (tertiary/aromatic N) is 2. The van der Waals surface area contributed by atoms with Crippen LogP contribution >= 0.6 is 11.6 Å². The summed E-state index contributed by atoms with van der Waals surface area (Å²) in [5.41, 5.74) is 6.51. The fourth-order valence-corrected chi connectivity index (χ4v) is 4.61. The van der Waals surface area contributed by atoms with Crippen molar-refractivity contribution in [2.45, 2.75) is 32.6 Å². The van der Waals surface area contributed by atoms with E-state index in [1.54, 1.807) is 0 Å². The smallest absolute Gasteiger partial charge is 0.126 e. The van der Waals surface area contributed by atoms with Crippen molar-refractivity contribution in [2.24, 2.45) is 5.92 Å². The van der Waals surface area contributed by atoms with Gasteiger partial charge in [-0.2, -0.15) is 0 Å². The predicted octanol–water partition coefficient (Wildman–Crippen LogP) is 7.53. The van der Waals surface area contributed by atoms with Gasteiger partial charge in [0.05, 0.1) is 11.2 Å². The van der Waals surface area contributed by atoms with E-state index in [1.165, 1.54) is 36.6 Å². The molecule has 2 aromatic heterocycles. The van der Waals surface area contributed by atoms with Gasteiger partial charge >= 0.3 is 0 Å². The van der Waals surface area contributed by atoms with Crippen LogP contribution in [0.3, 0.4) is 0 Å². The molecule has 31 heavy (non-hydrogen) atoms. The first kappa shape index (κ1) is 20.0. The van der Waals surface area contributed by atoms with E-state index < -0.39 is 0 Å². The maximum atomic E-state index is 6.00. The Bertz CT molecular complexity index is 1190. The Labute approximate surface area is 188 Å². The van der Waals surface area contributed by atoms with Gasteiger partial charge in [0.25, 0.3) is 0 Å². The Morgan fingerprint density at radius 2 is 1.65 bits per heavy atom. The van der Waals surface area contributed by atoms with E-state index in [4.69, 9.17) is 21.6 Å². The maximum Gasteiger partial charge on any atom is 0.126 e. The molecule has 1 aliphatic carbocycles. The van der Waals surface area contributed by atoms with E-state index >= 15 is 0 Å². The lowest BCUT2D eigenvalue weighted by atomic mass is 10.0. The highest BCUT2D eigenvalue weighted by molar-refractivity contribution is 6.30. The van der Waals surface area contributed by atoms with Crippen LogP contribution in [0, 0.1) is 12.8 Å². The lowest BCUT2D eigenvalue weighted by molar-refractivity contribution is 0.579. The lowest BCUT2D eigenvalue weighted by Gasteiger charge is -2.13. The molecule has 0 saturated heterocycles. The molecule has 156 valence electrons. The SMILES string of the molecule is Cc1cc(NCC2CCCC2)nc2ccc(-c3ccc(-c4ccc(Cl)cc4)cn3)cc12. The third-order valence-corrected chi connectivity index (χ3v) is 6.55. The molecule has 2 heterocycles. The van der Waals surface area contributed by atoms with Crippen molar-refractivity contribution in [3.8, 4) is 22.4 Å². The minimum Gasteiger partial charge on any atom is -0.370 e. The summed E-state index contributed by atoms with van der Waals surface area (Å²) in [5.74, 6) is 1.78. The molecule has 0 atom stereocenters. The molecular weight excluding hydrogens is 402 g/mol. The van der Waals surface area contributed by atoms with Crippen molar-refractivity contribution in [3.63, 3.8) is 0 Å². The number of aryl methyl sites for hydroxylation is 1. The molecule has 0 aliphatic heterocycles. The summed E-state index contributed by atoms with van der Waals surface area (Å²) in [4.78, 5) is 9.56. The van der Waals surface area contributed by atoms with Gasteiger partial charge in [0.1, 0.15) is 5.82 Å². The first-order valence-electron chi connectivity index (χ1n) is 11.0. The second-order valence-corrected chi connectivity index (χ2v) is 8.96. The standard InChI is InChI=1S/C27H26ClN3/c1-18-14-27(30-16-19-4-2-3-5-19)31-26-13-8-21(15-24(18)26)25-12-9-22(17-29-25)20-6-10-23(28)11-7-20/h6-15,17,19H,2-5,16H2,1H3,(H,30,31). The number of hydrogen-bond acceptors (Lipinski definition) is 3. The number of aromatic nitrogens is 2. The Morgan fingerprint density at radius 1 is 0.903 bits per heavy atom. The van der Waals surface area contributed by atoms with Gasteiger partial charge in [-0.1, -0.05) is 48.7 Å². The summed E-state index contributed by atoms with van der Waals surface area (Å²) >= 11 is 6.00. The van der Waals surface area contributed by atoms with Gasteiger partial charge in [0.2, 0.25) is 0 Å². The fraction of sp³-hybridized carbons (Fsp3) is 0.259. The van der Waals surface area contributed by atoms with E-state index in [-0.39, 0.29) is 0 Å². The van der Waals surface area contributed by atoms with Crippen molar-refractivity contribution in [2.75, 3.05) is 11.9 Å². The van der Waals surface area contributed by atoms with Gasteiger partial charge < -0.3 is 5.32 Å². The van der Waals surface area contributed by atoms with Crippen LogP contribution in [0.2, 0.25) is 5.02 Å². The summed E-state index contributed by atoms with van der Waals surface area (Å²) in [6.45, 7) is 3.19. The van der Waals surface area contributed by atoms with Gasteiger partial charge in [-0.15, -0.1) is 0 Å². The molecular formula is C27H26ClN3. The van der Waals surface area contributed by atoms with Gasteiger partial charge in [-0.05, 0) is 73.2 Å². The molecule has 1 fully saturated rings. The summed E-state index contributed by atoms with van der Waals surface area (Å²) in [7, 11) is 0. The fourth-order valence-electron chi connectivity index (χ4n) is 4.49. The third-order valence-electron chi connectivity index (χ3n) is 6.30. The molecule has 0 amide bonds. The van der Waals surface area contributed by atoms with E-state index in [9.17, 15) is 0 Å². The molecule has 0 radical (unpaired) electrons. The molecule has 4 heteroatoms. The molecule has 5 rings (SSSR count). The summed E-state index contributed by atoms with van der Waals surface area (Å²) in [6, 6.07) is 20.6. The zero-order chi connectivity index (χ0) is 21.2. The van der Waals surface area contributed by atoms with Crippen LogP contribution in [-0.2, 0) is 0 Å². The number of halogens is 1. The quantitative estimate of drug-likeness (QED) is 0.357. The van der Waals surface area contributed by atoms with E-state index in [0.717, 1.165) is 51.2 Å². The molecule has 1 saturated carbocycles. The molecule has 1 aliphatic rings. The predicted molar refractivity (Wildman–Crippen MR) is 131 cm³/mol. The molecule has 2 aromatic carbocycles. The van der Waals surface area contributed by atoms with Gasteiger partial charge in [0.15, 0.2) is 0 Å². The lowest BCUT2D eigenvalue weighted by Crippen LogP contribution is -2.12. The molecule has 1 N–H and O–H groups in total. The van der Waals surface area contributed by atoms with Crippen LogP contribution in [0.15, 0.2) is 66.9 Å². The molecule has 3 nitrogen and oxygen atoms in total. The largest absolute Gasteiger partial charge is 0.370 e. The maximum absolute atomic E-state index is 6.00. The zero-order valence-corrected chi connectivity index (χ0v) is 18.5. The second kappa shape index (κ2) is 8.68. The van der Waals surface area contributed by atoms with Crippen molar-refractivity contribution in [3.05, 3.63) is 77.4 Å².